The zero-order valence-corrected chi connectivity index (χ0v) is 13.4. The van der Waals surface area contributed by atoms with Gasteiger partial charge < -0.3 is 10.6 Å². The monoisotopic (exact) mass is 314 g/mol. The third-order valence-corrected chi connectivity index (χ3v) is 3.78. The van der Waals surface area contributed by atoms with Crippen LogP contribution in [-0.4, -0.2) is 17.6 Å². The zero-order valence-electron chi connectivity index (χ0n) is 12.6. The highest BCUT2D eigenvalue weighted by Gasteiger charge is 2.06. The van der Waals surface area contributed by atoms with Gasteiger partial charge in [-0.05, 0) is 54.3 Å². The van der Waals surface area contributed by atoms with Crippen LogP contribution in [0.3, 0.4) is 0 Å². The second-order valence-corrected chi connectivity index (χ2v) is 6.01. The minimum atomic E-state index is -0.176. The normalized spacial score (nSPS) is 10.1. The van der Waals surface area contributed by atoms with Gasteiger partial charge in [-0.25, -0.2) is 0 Å². The summed E-state index contributed by atoms with van der Waals surface area (Å²) in [7, 11) is 0. The van der Waals surface area contributed by atoms with Crippen molar-refractivity contribution in [2.24, 2.45) is 0 Å². The molecule has 0 radical (unpaired) electrons. The predicted octanol–water partition coefficient (Wildman–Crippen LogP) is 4.01. The van der Waals surface area contributed by atoms with Gasteiger partial charge >= 0.3 is 0 Å². The molecule has 0 heterocycles. The summed E-state index contributed by atoms with van der Waals surface area (Å²) in [6, 6.07) is 14.5. The lowest BCUT2D eigenvalue weighted by atomic mass is 10.2. The van der Waals surface area contributed by atoms with Crippen molar-refractivity contribution in [3.63, 3.8) is 0 Å². The van der Waals surface area contributed by atoms with Crippen LogP contribution < -0.4 is 10.6 Å². The summed E-state index contributed by atoms with van der Waals surface area (Å²) in [5.41, 5.74) is 1.97. The van der Waals surface area contributed by atoms with Crippen LogP contribution in [0.15, 0.2) is 53.4 Å². The van der Waals surface area contributed by atoms with Crippen LogP contribution in [0.2, 0.25) is 0 Å². The molecule has 0 saturated carbocycles. The first kappa shape index (κ1) is 16.1. The Labute approximate surface area is 134 Å². The maximum atomic E-state index is 12.2. The van der Waals surface area contributed by atoms with Gasteiger partial charge in [0.2, 0.25) is 5.91 Å². The minimum Gasteiger partial charge on any atom is -0.326 e. The molecule has 0 aliphatic rings. The van der Waals surface area contributed by atoms with E-state index in [0.29, 0.717) is 11.3 Å². The molecule has 114 valence electrons. The van der Waals surface area contributed by atoms with E-state index in [9.17, 15) is 9.59 Å². The molecule has 0 fully saturated rings. The van der Waals surface area contributed by atoms with E-state index in [0.717, 1.165) is 11.4 Å². The van der Waals surface area contributed by atoms with Gasteiger partial charge in [0, 0.05) is 28.8 Å². The Morgan fingerprint density at radius 2 is 1.45 bits per heavy atom. The lowest BCUT2D eigenvalue weighted by Crippen LogP contribution is -2.12. The highest BCUT2D eigenvalue weighted by Crippen LogP contribution is 2.20. The van der Waals surface area contributed by atoms with E-state index < -0.39 is 0 Å². The summed E-state index contributed by atoms with van der Waals surface area (Å²) in [5, 5.41) is 5.52. The molecule has 0 aromatic heterocycles. The Morgan fingerprint density at radius 1 is 0.909 bits per heavy atom. The number of nitrogens with one attached hydrogen (secondary N) is 2. The van der Waals surface area contributed by atoms with Gasteiger partial charge in [0.05, 0.1) is 0 Å². The van der Waals surface area contributed by atoms with Crippen molar-refractivity contribution in [3.05, 3.63) is 54.1 Å². The van der Waals surface area contributed by atoms with E-state index in [4.69, 9.17) is 0 Å². The van der Waals surface area contributed by atoms with Crippen molar-refractivity contribution in [2.45, 2.75) is 18.7 Å². The molecule has 0 aliphatic heterocycles. The fourth-order valence-corrected chi connectivity index (χ4v) is 2.57. The predicted molar refractivity (Wildman–Crippen MR) is 91.5 cm³/mol. The van der Waals surface area contributed by atoms with Gasteiger partial charge in [-0.2, -0.15) is 0 Å². The number of hydrogen-bond donors (Lipinski definition) is 2. The molecule has 0 atom stereocenters. The quantitative estimate of drug-likeness (QED) is 0.820. The second kappa shape index (κ2) is 7.66. The molecular formula is C17H18N2O2S. The van der Waals surface area contributed by atoms with Crippen molar-refractivity contribution < 1.29 is 9.59 Å². The molecule has 2 N–H and O–H groups in total. The molecule has 22 heavy (non-hydrogen) atoms. The van der Waals surface area contributed by atoms with Gasteiger partial charge in [-0.1, -0.05) is 6.92 Å². The van der Waals surface area contributed by atoms with Gasteiger partial charge in [-0.3, -0.25) is 9.59 Å². The van der Waals surface area contributed by atoms with Crippen LogP contribution >= 0.6 is 11.8 Å². The number of carbonyl (C=O) groups is 2. The Kier molecular flexibility index (Phi) is 5.61. The SMILES string of the molecule is CCSc1ccc(NC(=O)c2ccc(NC(C)=O)cc2)cc1. The topological polar surface area (TPSA) is 58.2 Å². The number of amides is 2. The summed E-state index contributed by atoms with van der Waals surface area (Å²) in [6.45, 7) is 3.55. The van der Waals surface area contributed by atoms with Crippen LogP contribution in [-0.2, 0) is 4.79 Å². The maximum Gasteiger partial charge on any atom is 0.255 e. The number of hydrogen-bond acceptors (Lipinski definition) is 3. The number of benzene rings is 2. The van der Waals surface area contributed by atoms with Crippen molar-refractivity contribution in [2.75, 3.05) is 16.4 Å². The standard InChI is InChI=1S/C17H18N2O2S/c1-3-22-16-10-8-15(9-11-16)19-17(21)13-4-6-14(7-5-13)18-12(2)20/h4-11H,3H2,1-2H3,(H,18,20)(H,19,21). The van der Waals surface area contributed by atoms with E-state index in [1.807, 2.05) is 24.3 Å². The highest BCUT2D eigenvalue weighted by molar-refractivity contribution is 7.99. The first-order chi connectivity index (χ1) is 10.6. The lowest BCUT2D eigenvalue weighted by Gasteiger charge is -2.07. The van der Waals surface area contributed by atoms with E-state index >= 15 is 0 Å². The molecule has 0 unspecified atom stereocenters. The molecule has 2 aromatic rings. The average molecular weight is 314 g/mol. The van der Waals surface area contributed by atoms with Gasteiger partial charge in [0.25, 0.3) is 5.91 Å². The molecule has 2 rings (SSSR count). The van der Waals surface area contributed by atoms with E-state index in [-0.39, 0.29) is 11.8 Å². The Hall–Kier alpha value is -2.27. The number of anilines is 2. The van der Waals surface area contributed by atoms with Crippen LogP contribution in [0, 0.1) is 0 Å². The maximum absolute atomic E-state index is 12.2. The summed E-state index contributed by atoms with van der Waals surface area (Å²) in [4.78, 5) is 24.3. The van der Waals surface area contributed by atoms with Crippen molar-refractivity contribution in [3.8, 4) is 0 Å². The molecule has 0 spiro atoms. The van der Waals surface area contributed by atoms with Crippen LogP contribution in [0.4, 0.5) is 11.4 Å². The fourth-order valence-electron chi connectivity index (χ4n) is 1.91. The fraction of sp³-hybridized carbons (Fsp3) is 0.176. The summed E-state index contributed by atoms with van der Waals surface area (Å²) < 4.78 is 0. The number of thioether (sulfide) groups is 1. The van der Waals surface area contributed by atoms with Crippen molar-refractivity contribution in [1.29, 1.82) is 0 Å². The Bertz CT molecular complexity index is 651. The van der Waals surface area contributed by atoms with Gasteiger partial charge in [-0.15, -0.1) is 11.8 Å². The van der Waals surface area contributed by atoms with E-state index in [2.05, 4.69) is 17.6 Å². The molecular weight excluding hydrogens is 296 g/mol. The van der Waals surface area contributed by atoms with E-state index in [1.165, 1.54) is 11.8 Å². The molecule has 2 amide bonds. The summed E-state index contributed by atoms with van der Waals surface area (Å²) >= 11 is 1.76. The van der Waals surface area contributed by atoms with Crippen molar-refractivity contribution in [1.82, 2.24) is 0 Å². The first-order valence-electron chi connectivity index (χ1n) is 7.00. The van der Waals surface area contributed by atoms with E-state index in [1.54, 1.807) is 36.0 Å². The number of carbonyl (C=O) groups excluding carboxylic acids is 2. The van der Waals surface area contributed by atoms with Crippen LogP contribution in [0.25, 0.3) is 0 Å². The molecule has 0 saturated heterocycles. The summed E-state index contributed by atoms with van der Waals surface area (Å²) in [6.07, 6.45) is 0. The molecule has 4 nitrogen and oxygen atoms in total. The van der Waals surface area contributed by atoms with Crippen molar-refractivity contribution >= 4 is 35.0 Å². The van der Waals surface area contributed by atoms with Crippen LogP contribution in [0.1, 0.15) is 24.2 Å². The first-order valence-corrected chi connectivity index (χ1v) is 7.99. The lowest BCUT2D eigenvalue weighted by molar-refractivity contribution is -0.114. The summed E-state index contributed by atoms with van der Waals surface area (Å²) in [5.74, 6) is 0.708. The highest BCUT2D eigenvalue weighted by atomic mass is 32.2. The minimum absolute atomic E-state index is 0.137. The third-order valence-electron chi connectivity index (χ3n) is 2.89. The Morgan fingerprint density at radius 3 is 2.00 bits per heavy atom. The molecule has 0 bridgehead atoms. The second-order valence-electron chi connectivity index (χ2n) is 4.67. The third kappa shape index (κ3) is 4.63. The van der Waals surface area contributed by atoms with Gasteiger partial charge in [0.15, 0.2) is 0 Å². The van der Waals surface area contributed by atoms with Gasteiger partial charge in [0.1, 0.15) is 0 Å². The van der Waals surface area contributed by atoms with Crippen LogP contribution in [0.5, 0.6) is 0 Å². The molecule has 0 aliphatic carbocycles. The largest absolute Gasteiger partial charge is 0.326 e. The number of rotatable bonds is 5. The zero-order chi connectivity index (χ0) is 15.9. The molecule has 2 aromatic carbocycles. The average Bonchev–Trinajstić information content (AvgIpc) is 2.49. The Balaban J connectivity index is 2.00. The smallest absolute Gasteiger partial charge is 0.255 e. The molecule has 5 heteroatoms.